The van der Waals surface area contributed by atoms with Gasteiger partial charge < -0.3 is 9.80 Å². The van der Waals surface area contributed by atoms with Crippen LogP contribution in [0, 0.1) is 11.8 Å². The maximum Gasteiger partial charge on any atom is 0.227 e. The van der Waals surface area contributed by atoms with E-state index in [1.54, 1.807) is 12.4 Å². The van der Waals surface area contributed by atoms with Crippen molar-refractivity contribution >= 4 is 5.91 Å². The van der Waals surface area contributed by atoms with Crippen LogP contribution in [-0.4, -0.2) is 51.9 Å². The maximum absolute atomic E-state index is 12.9. The highest BCUT2D eigenvalue weighted by Gasteiger charge is 2.39. The molecule has 2 atom stereocenters. The summed E-state index contributed by atoms with van der Waals surface area (Å²) in [6.45, 7) is 4.19. The van der Waals surface area contributed by atoms with E-state index in [0.717, 1.165) is 44.1 Å². The highest BCUT2D eigenvalue weighted by molar-refractivity contribution is 5.80. The number of amides is 1. The predicted molar refractivity (Wildman–Crippen MR) is 83.0 cm³/mol. The van der Waals surface area contributed by atoms with Crippen molar-refractivity contribution in [1.82, 2.24) is 19.8 Å². The molecule has 1 aliphatic carbocycles. The van der Waals surface area contributed by atoms with Gasteiger partial charge in [0.1, 0.15) is 0 Å². The zero-order valence-electron chi connectivity index (χ0n) is 13.0. The SMILES string of the molecule is O=C(C1CCCN(CC2CC2)C1)N1CC[C@@H]1c1ncccn1. The summed E-state index contributed by atoms with van der Waals surface area (Å²) in [6, 6.07) is 1.93. The third-order valence-electron chi connectivity index (χ3n) is 5.25. The van der Waals surface area contributed by atoms with E-state index in [9.17, 15) is 4.79 Å². The molecule has 1 aromatic heterocycles. The minimum Gasteiger partial charge on any atom is -0.332 e. The lowest BCUT2D eigenvalue weighted by Gasteiger charge is -2.43. The van der Waals surface area contributed by atoms with Crippen LogP contribution in [0.3, 0.4) is 0 Å². The summed E-state index contributed by atoms with van der Waals surface area (Å²) in [5, 5.41) is 0. The molecule has 118 valence electrons. The third-order valence-corrected chi connectivity index (χ3v) is 5.25. The highest BCUT2D eigenvalue weighted by Crippen LogP contribution is 2.35. The van der Waals surface area contributed by atoms with Crippen molar-refractivity contribution in [3.63, 3.8) is 0 Å². The Labute approximate surface area is 131 Å². The van der Waals surface area contributed by atoms with Crippen molar-refractivity contribution in [1.29, 1.82) is 0 Å². The first-order valence-electron chi connectivity index (χ1n) is 8.61. The number of hydrogen-bond donors (Lipinski definition) is 0. The van der Waals surface area contributed by atoms with Gasteiger partial charge in [0.05, 0.1) is 12.0 Å². The number of carbonyl (C=O) groups is 1. The normalized spacial score (nSPS) is 29.2. The van der Waals surface area contributed by atoms with Crippen molar-refractivity contribution in [3.05, 3.63) is 24.3 Å². The van der Waals surface area contributed by atoms with E-state index in [4.69, 9.17) is 0 Å². The molecule has 0 bridgehead atoms. The number of rotatable bonds is 4. The zero-order valence-corrected chi connectivity index (χ0v) is 13.0. The molecule has 3 fully saturated rings. The van der Waals surface area contributed by atoms with Crippen molar-refractivity contribution in [2.75, 3.05) is 26.2 Å². The van der Waals surface area contributed by atoms with Crippen LogP contribution in [0.1, 0.15) is 44.0 Å². The van der Waals surface area contributed by atoms with Crippen LogP contribution in [0.5, 0.6) is 0 Å². The van der Waals surface area contributed by atoms with E-state index in [1.165, 1.54) is 25.9 Å². The van der Waals surface area contributed by atoms with E-state index < -0.39 is 0 Å². The van der Waals surface area contributed by atoms with Crippen LogP contribution in [0.4, 0.5) is 0 Å². The van der Waals surface area contributed by atoms with Crippen LogP contribution in [0.2, 0.25) is 0 Å². The average Bonchev–Trinajstić information content (AvgIpc) is 3.31. The molecule has 2 saturated heterocycles. The molecule has 4 rings (SSSR count). The fraction of sp³-hybridized carbons (Fsp3) is 0.706. The highest BCUT2D eigenvalue weighted by atomic mass is 16.2. The van der Waals surface area contributed by atoms with E-state index in [1.807, 2.05) is 11.0 Å². The first-order chi connectivity index (χ1) is 10.8. The van der Waals surface area contributed by atoms with E-state index in [-0.39, 0.29) is 12.0 Å². The predicted octanol–water partition coefficient (Wildman–Crippen LogP) is 1.87. The summed E-state index contributed by atoms with van der Waals surface area (Å²) in [5.74, 6) is 2.21. The Hall–Kier alpha value is -1.49. The fourth-order valence-corrected chi connectivity index (χ4v) is 3.73. The summed E-state index contributed by atoms with van der Waals surface area (Å²) in [4.78, 5) is 26.0. The first kappa shape index (κ1) is 14.1. The standard InChI is InChI=1S/C17H24N4O/c22-17(14-3-1-9-20(12-14)11-13-4-5-13)21-10-6-15(21)16-18-7-2-8-19-16/h2,7-8,13-15H,1,3-6,9-12H2/t14?,15-/m1/s1. The molecular formula is C17H24N4O. The van der Waals surface area contributed by atoms with Crippen LogP contribution >= 0.6 is 0 Å². The number of carbonyl (C=O) groups excluding carboxylic acids is 1. The van der Waals surface area contributed by atoms with Crippen LogP contribution in [0.25, 0.3) is 0 Å². The molecule has 3 heterocycles. The number of nitrogens with zero attached hydrogens (tertiary/aromatic N) is 4. The zero-order chi connectivity index (χ0) is 14.9. The molecule has 5 heteroatoms. The second kappa shape index (κ2) is 5.95. The van der Waals surface area contributed by atoms with Crippen molar-refractivity contribution in [2.24, 2.45) is 11.8 Å². The summed E-state index contributed by atoms with van der Waals surface area (Å²) in [5.41, 5.74) is 0. The second-order valence-electron chi connectivity index (χ2n) is 6.99. The van der Waals surface area contributed by atoms with Gasteiger partial charge in [-0.15, -0.1) is 0 Å². The van der Waals surface area contributed by atoms with Gasteiger partial charge >= 0.3 is 0 Å². The maximum atomic E-state index is 12.9. The molecule has 1 amide bonds. The number of likely N-dealkylation sites (tertiary alicyclic amines) is 2. The van der Waals surface area contributed by atoms with Crippen molar-refractivity contribution in [3.8, 4) is 0 Å². The minimum atomic E-state index is 0.104. The molecule has 3 aliphatic rings. The van der Waals surface area contributed by atoms with Gasteiger partial charge in [-0.3, -0.25) is 4.79 Å². The molecular weight excluding hydrogens is 276 g/mol. The van der Waals surface area contributed by atoms with Gasteiger partial charge in [0.15, 0.2) is 5.82 Å². The molecule has 1 aromatic rings. The lowest BCUT2D eigenvalue weighted by Crippen LogP contribution is -2.51. The Kier molecular flexibility index (Phi) is 3.82. The first-order valence-corrected chi connectivity index (χ1v) is 8.61. The molecule has 5 nitrogen and oxygen atoms in total. The third kappa shape index (κ3) is 2.86. The van der Waals surface area contributed by atoms with E-state index in [0.29, 0.717) is 5.91 Å². The number of piperidine rings is 1. The van der Waals surface area contributed by atoms with Crippen molar-refractivity contribution < 1.29 is 4.79 Å². The van der Waals surface area contributed by atoms with Crippen LogP contribution in [-0.2, 0) is 4.79 Å². The summed E-state index contributed by atoms with van der Waals surface area (Å²) >= 11 is 0. The van der Waals surface area contributed by atoms with Gasteiger partial charge in [-0.1, -0.05) is 0 Å². The lowest BCUT2D eigenvalue weighted by molar-refractivity contribution is -0.146. The molecule has 1 unspecified atom stereocenters. The van der Waals surface area contributed by atoms with Gasteiger partial charge in [0.25, 0.3) is 0 Å². The Morgan fingerprint density at radius 1 is 1.14 bits per heavy atom. The smallest absolute Gasteiger partial charge is 0.227 e. The topological polar surface area (TPSA) is 49.3 Å². The van der Waals surface area contributed by atoms with Gasteiger partial charge in [0.2, 0.25) is 5.91 Å². The van der Waals surface area contributed by atoms with Gasteiger partial charge in [-0.25, -0.2) is 9.97 Å². The fourth-order valence-electron chi connectivity index (χ4n) is 3.73. The Morgan fingerprint density at radius 2 is 1.95 bits per heavy atom. The van der Waals surface area contributed by atoms with Crippen LogP contribution in [0.15, 0.2) is 18.5 Å². The average molecular weight is 300 g/mol. The number of aromatic nitrogens is 2. The van der Waals surface area contributed by atoms with Crippen LogP contribution < -0.4 is 0 Å². The monoisotopic (exact) mass is 300 g/mol. The number of hydrogen-bond acceptors (Lipinski definition) is 4. The molecule has 0 aromatic carbocycles. The lowest BCUT2D eigenvalue weighted by atomic mass is 9.92. The minimum absolute atomic E-state index is 0.104. The summed E-state index contributed by atoms with van der Waals surface area (Å²) in [7, 11) is 0. The molecule has 2 aliphatic heterocycles. The van der Waals surface area contributed by atoms with E-state index >= 15 is 0 Å². The molecule has 0 radical (unpaired) electrons. The Balaban J connectivity index is 1.38. The summed E-state index contributed by atoms with van der Waals surface area (Å²) in [6.07, 6.45) is 9.49. The molecule has 0 spiro atoms. The molecule has 0 N–H and O–H groups in total. The Morgan fingerprint density at radius 3 is 2.64 bits per heavy atom. The van der Waals surface area contributed by atoms with Gasteiger partial charge in [-0.2, -0.15) is 0 Å². The van der Waals surface area contributed by atoms with Gasteiger partial charge in [-0.05, 0) is 50.6 Å². The van der Waals surface area contributed by atoms with Crippen molar-refractivity contribution in [2.45, 2.75) is 38.1 Å². The largest absolute Gasteiger partial charge is 0.332 e. The Bertz CT molecular complexity index is 531. The second-order valence-corrected chi connectivity index (χ2v) is 6.99. The quantitative estimate of drug-likeness (QED) is 0.852. The summed E-state index contributed by atoms with van der Waals surface area (Å²) < 4.78 is 0. The van der Waals surface area contributed by atoms with E-state index in [2.05, 4.69) is 14.9 Å². The van der Waals surface area contributed by atoms with Gasteiger partial charge in [0, 0.05) is 32.0 Å². The molecule has 22 heavy (non-hydrogen) atoms. The molecule has 1 saturated carbocycles.